The lowest BCUT2D eigenvalue weighted by Crippen LogP contribution is -1.75. The van der Waals surface area contributed by atoms with E-state index in [0.717, 1.165) is 0 Å². The highest BCUT2D eigenvalue weighted by Gasteiger charge is 2.03. The van der Waals surface area contributed by atoms with Gasteiger partial charge in [0.15, 0.2) is 0 Å². The second-order valence-corrected chi connectivity index (χ2v) is 5.94. The molecule has 1 heterocycles. The molecule has 10 heavy (non-hydrogen) atoms. The van der Waals surface area contributed by atoms with Crippen LogP contribution in [0.25, 0.3) is 0 Å². The maximum Gasteiger partial charge on any atom is -0.0349 e. The van der Waals surface area contributed by atoms with Gasteiger partial charge in [-0.2, -0.15) is 0 Å². The number of rotatable bonds is 3. The summed E-state index contributed by atoms with van der Waals surface area (Å²) in [5, 5.41) is 0. The molecule has 60 valence electrons. The van der Waals surface area contributed by atoms with Gasteiger partial charge in [-0.15, -0.1) is 7.55 Å². The van der Waals surface area contributed by atoms with Gasteiger partial charge in [0.2, 0.25) is 0 Å². The molecule has 1 saturated heterocycles. The minimum Gasteiger partial charge on any atom is -0.122 e. The van der Waals surface area contributed by atoms with Crippen molar-refractivity contribution >= 4 is 13.3 Å². The van der Waals surface area contributed by atoms with Crippen molar-refractivity contribution in [2.24, 2.45) is 0 Å². The predicted molar refractivity (Wildman–Crippen MR) is 52.9 cm³/mol. The van der Waals surface area contributed by atoms with Crippen LogP contribution in [-0.4, -0.2) is 18.1 Å². The average molecular weight is 158 g/mol. The van der Waals surface area contributed by atoms with Crippen molar-refractivity contribution in [1.82, 2.24) is 0 Å². The minimum absolute atomic E-state index is 0.0903. The zero-order valence-electron chi connectivity index (χ0n) is 7.03. The van der Waals surface area contributed by atoms with E-state index in [1.807, 2.05) is 0 Å². The summed E-state index contributed by atoms with van der Waals surface area (Å²) in [5.74, 6) is 2.65. The molecule has 0 radical (unpaired) electrons. The van der Waals surface area contributed by atoms with Gasteiger partial charge in [0.25, 0.3) is 0 Å². The van der Waals surface area contributed by atoms with Crippen molar-refractivity contribution in [2.75, 3.05) is 12.3 Å². The Balaban J connectivity index is 2.12. The Labute approximate surface area is 65.4 Å². The summed E-state index contributed by atoms with van der Waals surface area (Å²) < 4.78 is 0. The predicted octanol–water partition coefficient (Wildman–Crippen LogP) is 2.99. The third-order valence-corrected chi connectivity index (χ3v) is 5.09. The van der Waals surface area contributed by atoms with Crippen LogP contribution in [0.2, 0.25) is 0 Å². The fourth-order valence-electron chi connectivity index (χ4n) is 1.54. The SMILES string of the molecule is CCCCC=[PH]1CCCC1. The quantitative estimate of drug-likeness (QED) is 0.437. The van der Waals surface area contributed by atoms with Crippen LogP contribution in [-0.2, 0) is 0 Å². The fraction of sp³-hybridized carbons (Fsp3) is 0.889. The summed E-state index contributed by atoms with van der Waals surface area (Å²) in [6.07, 6.45) is 10.4. The Hall–Kier alpha value is 0.300. The van der Waals surface area contributed by atoms with Gasteiger partial charge >= 0.3 is 0 Å². The second kappa shape index (κ2) is 5.02. The largest absolute Gasteiger partial charge is 0.122 e. The molecule has 0 unspecified atom stereocenters. The van der Waals surface area contributed by atoms with Crippen LogP contribution in [0.3, 0.4) is 0 Å². The van der Waals surface area contributed by atoms with Crippen LogP contribution in [0.15, 0.2) is 0 Å². The van der Waals surface area contributed by atoms with E-state index in [1.165, 1.54) is 32.1 Å². The molecule has 0 N–H and O–H groups in total. The van der Waals surface area contributed by atoms with E-state index in [-0.39, 0.29) is 7.55 Å². The molecule has 1 rings (SSSR count). The molecular formula is C9H19P. The van der Waals surface area contributed by atoms with Crippen molar-refractivity contribution in [3.8, 4) is 0 Å². The minimum atomic E-state index is 0.0903. The van der Waals surface area contributed by atoms with E-state index in [9.17, 15) is 0 Å². The smallest absolute Gasteiger partial charge is 0.0349 e. The Bertz CT molecular complexity index is 108. The van der Waals surface area contributed by atoms with Gasteiger partial charge in [-0.3, -0.25) is 0 Å². The first-order valence-electron chi connectivity index (χ1n) is 4.61. The maximum absolute atomic E-state index is 2.65. The molecule has 0 aromatic heterocycles. The molecule has 0 saturated carbocycles. The molecular weight excluding hydrogens is 139 g/mol. The van der Waals surface area contributed by atoms with Gasteiger partial charge in [-0.1, -0.05) is 25.6 Å². The highest BCUT2D eigenvalue weighted by molar-refractivity contribution is 7.57. The van der Waals surface area contributed by atoms with Gasteiger partial charge in [-0.05, 0) is 31.6 Å². The fourth-order valence-corrected chi connectivity index (χ4v) is 4.22. The molecule has 1 heteroatoms. The lowest BCUT2D eigenvalue weighted by atomic mass is 10.3. The lowest BCUT2D eigenvalue weighted by molar-refractivity contribution is 0.846. The molecule has 0 aromatic rings. The van der Waals surface area contributed by atoms with E-state index >= 15 is 0 Å². The van der Waals surface area contributed by atoms with E-state index in [2.05, 4.69) is 12.7 Å². The highest BCUT2D eigenvalue weighted by Crippen LogP contribution is 2.32. The number of hydrogen-bond acceptors (Lipinski definition) is 0. The van der Waals surface area contributed by atoms with Crippen molar-refractivity contribution in [3.63, 3.8) is 0 Å². The summed E-state index contributed by atoms with van der Waals surface area (Å²) in [6.45, 7) is 2.28. The van der Waals surface area contributed by atoms with Crippen molar-refractivity contribution in [1.29, 1.82) is 0 Å². The first-order valence-corrected chi connectivity index (χ1v) is 6.60. The molecule has 0 nitrogen and oxygen atoms in total. The summed E-state index contributed by atoms with van der Waals surface area (Å²) in [5.41, 5.74) is 0. The zero-order valence-corrected chi connectivity index (χ0v) is 8.03. The Morgan fingerprint density at radius 2 is 2.00 bits per heavy atom. The lowest BCUT2D eigenvalue weighted by Gasteiger charge is -1.95. The molecule has 0 aliphatic carbocycles. The van der Waals surface area contributed by atoms with Gasteiger partial charge in [0, 0.05) is 0 Å². The normalized spacial score (nSPS) is 19.7. The van der Waals surface area contributed by atoms with Gasteiger partial charge in [0.1, 0.15) is 0 Å². The topological polar surface area (TPSA) is 0 Å². The molecule has 1 aliphatic heterocycles. The maximum atomic E-state index is 2.65. The molecule has 1 fully saturated rings. The first kappa shape index (κ1) is 8.40. The van der Waals surface area contributed by atoms with Gasteiger partial charge in [0.05, 0.1) is 0 Å². The van der Waals surface area contributed by atoms with Gasteiger partial charge in [-0.25, -0.2) is 0 Å². The standard InChI is InChI=1S/C9H19P/c1-2-3-4-7-10-8-5-6-9-10/h7,10H,2-6,8-9H2,1H3. The Morgan fingerprint density at radius 3 is 2.60 bits per heavy atom. The van der Waals surface area contributed by atoms with E-state index in [4.69, 9.17) is 0 Å². The van der Waals surface area contributed by atoms with E-state index < -0.39 is 0 Å². The molecule has 0 spiro atoms. The molecule has 0 amide bonds. The van der Waals surface area contributed by atoms with Crippen LogP contribution >= 0.6 is 7.55 Å². The van der Waals surface area contributed by atoms with E-state index in [1.54, 1.807) is 12.3 Å². The second-order valence-electron chi connectivity index (χ2n) is 3.21. The zero-order chi connectivity index (χ0) is 7.23. The van der Waals surface area contributed by atoms with Gasteiger partial charge < -0.3 is 0 Å². The van der Waals surface area contributed by atoms with Crippen molar-refractivity contribution in [3.05, 3.63) is 0 Å². The van der Waals surface area contributed by atoms with Crippen LogP contribution < -0.4 is 0 Å². The van der Waals surface area contributed by atoms with Crippen molar-refractivity contribution < 1.29 is 0 Å². The summed E-state index contributed by atoms with van der Waals surface area (Å²) in [7, 11) is 0.0903. The highest BCUT2D eigenvalue weighted by atomic mass is 31.1. The average Bonchev–Trinajstić information content (AvgIpc) is 2.41. The first-order chi connectivity index (χ1) is 4.93. The summed E-state index contributed by atoms with van der Waals surface area (Å²) >= 11 is 0. The third-order valence-electron chi connectivity index (χ3n) is 2.24. The van der Waals surface area contributed by atoms with Crippen molar-refractivity contribution in [2.45, 2.75) is 39.0 Å². The van der Waals surface area contributed by atoms with Crippen LogP contribution in [0.1, 0.15) is 39.0 Å². The molecule has 0 atom stereocenters. The molecule has 0 aromatic carbocycles. The van der Waals surface area contributed by atoms with Crippen LogP contribution in [0, 0.1) is 0 Å². The molecule has 0 bridgehead atoms. The Morgan fingerprint density at radius 1 is 1.30 bits per heavy atom. The number of hydrogen-bond donors (Lipinski definition) is 0. The van der Waals surface area contributed by atoms with Crippen LogP contribution in [0.5, 0.6) is 0 Å². The van der Waals surface area contributed by atoms with E-state index in [0.29, 0.717) is 0 Å². The third kappa shape index (κ3) is 2.92. The van der Waals surface area contributed by atoms with Crippen LogP contribution in [0.4, 0.5) is 0 Å². The molecule has 1 aliphatic rings. The summed E-state index contributed by atoms with van der Waals surface area (Å²) in [6, 6.07) is 0. The monoisotopic (exact) mass is 158 g/mol. The summed E-state index contributed by atoms with van der Waals surface area (Å²) in [4.78, 5) is 0. The Kier molecular flexibility index (Phi) is 4.21. The number of unbranched alkanes of at least 4 members (excludes halogenated alkanes) is 2.